The molecule has 5 rings (SSSR count). The molecule has 80 heavy (non-hydrogen) atoms. The number of H-pyrrole nitrogens is 1. The lowest BCUT2D eigenvalue weighted by molar-refractivity contribution is -0.144. The van der Waals surface area contributed by atoms with Gasteiger partial charge in [0.25, 0.3) is 0 Å². The third-order valence-electron chi connectivity index (χ3n) is 14.8. The molecule has 0 radical (unpaired) electrons. The van der Waals surface area contributed by atoms with Crippen LogP contribution in [0, 0.1) is 17.3 Å². The molecular weight excluding hydrogens is 1060 g/mol. The SMILES string of the molecule is CC[C@H](C)[C@@H]1NC(=O)CNC(=O)[C@@H]2Cc3c([nH]c4cc(O)ccc34)[S+]([O-])C[C@H](NC(=O)CNC1=O)C(=O)N[C@@H](CC(N)=O)C(=O)N1C[C@H](O)C[C@H]1C(=O)N[C@@H]([C@@H](C)[C@@H](O)COC(=O)NC(C)CC(C)(C)CN(C)C(C)(C)C)C(=O)N2. The molecule has 27 nitrogen and oxygen atoms in total. The van der Waals surface area contributed by atoms with Gasteiger partial charge in [-0.15, -0.1) is 0 Å². The van der Waals surface area contributed by atoms with Crippen LogP contribution in [0.4, 0.5) is 4.79 Å². The molecule has 10 amide bonds. The van der Waals surface area contributed by atoms with E-state index in [1.165, 1.54) is 25.1 Å². The molecule has 0 spiro atoms. The molecule has 2 bridgehead atoms. The van der Waals surface area contributed by atoms with E-state index in [4.69, 9.17) is 10.5 Å². The van der Waals surface area contributed by atoms with Gasteiger partial charge in [-0.1, -0.05) is 41.0 Å². The quantitative estimate of drug-likeness (QED) is 0.0911. The minimum absolute atomic E-state index is 0.0596. The second-order valence-corrected chi connectivity index (χ2v) is 24.4. The first kappa shape index (κ1) is 64.1. The van der Waals surface area contributed by atoms with Crippen molar-refractivity contribution in [3.63, 3.8) is 0 Å². The lowest BCUT2D eigenvalue weighted by Crippen LogP contribution is -2.62. The number of nitrogens with two attached hydrogens (primary N) is 1. The summed E-state index contributed by atoms with van der Waals surface area (Å²) in [6, 6.07) is -6.69. The predicted molar refractivity (Wildman–Crippen MR) is 290 cm³/mol. The number of amides is 10. The topological polar surface area (TPSA) is 408 Å². The number of fused-ring (bicyclic) bond motifs is 5. The molecule has 14 N–H and O–H groups in total. The van der Waals surface area contributed by atoms with Crippen LogP contribution in [0.25, 0.3) is 10.9 Å². The lowest BCUT2D eigenvalue weighted by atomic mass is 9.84. The first-order valence-corrected chi connectivity index (χ1v) is 28.0. The standard InChI is InChI=1S/C52H80N12O15S/c1-11-25(2)41-46(74)55-19-39(69)57-35-23-80(78)48-31(30-13-12-28(65)14-32(30)60-48)16-33(43(71)54-20-40(70)61-41)58-47(75)42(62-45(73)36-15-29(66)21-64(36)49(76)34(17-38(53)68)59-44(35)72)27(4)37(67)22-79-50(77)56-26(3)18-52(8,9)24-63(10)51(5,6)7/h12-14,25-27,29,33-37,41-42,60,65-67H,11,15-24H2,1-10H3,(H2,53,68)(H,54,71)(H,55,74)(H,56,77)(H,57,69)(H,58,75)(H,59,72)(H,61,70)(H,62,73)/t25-,26?,27-,29+,33-,34-,35-,36-,37-,41-,42-,80?/m0/s1. The maximum atomic E-state index is 15.0. The van der Waals surface area contributed by atoms with Gasteiger partial charge in [-0.25, -0.2) is 4.79 Å². The highest BCUT2D eigenvalue weighted by atomic mass is 32.2. The first-order chi connectivity index (χ1) is 37.3. The molecule has 1 fully saturated rings. The van der Waals surface area contributed by atoms with E-state index in [-0.39, 0.29) is 38.2 Å². The van der Waals surface area contributed by atoms with Crippen LogP contribution in [-0.4, -0.2) is 200 Å². The molecule has 3 aliphatic rings. The smallest absolute Gasteiger partial charge is 0.407 e. The van der Waals surface area contributed by atoms with Crippen molar-refractivity contribution in [1.29, 1.82) is 0 Å². The van der Waals surface area contributed by atoms with Gasteiger partial charge in [-0.05, 0) is 64.6 Å². The van der Waals surface area contributed by atoms with E-state index in [2.05, 4.69) is 87.0 Å². The van der Waals surface area contributed by atoms with E-state index in [1.807, 2.05) is 7.05 Å². The van der Waals surface area contributed by atoms with Gasteiger partial charge in [0.2, 0.25) is 58.2 Å². The number of aliphatic hydroxyl groups excluding tert-OH is 2. The number of rotatable bonds is 13. The minimum Gasteiger partial charge on any atom is -0.610 e. The molecule has 4 heterocycles. The fourth-order valence-corrected chi connectivity index (χ4v) is 11.3. The highest BCUT2D eigenvalue weighted by Gasteiger charge is 2.46. The number of ether oxygens (including phenoxy) is 1. The van der Waals surface area contributed by atoms with Crippen molar-refractivity contribution in [2.45, 2.75) is 159 Å². The van der Waals surface area contributed by atoms with Crippen LogP contribution in [0.5, 0.6) is 5.75 Å². The second-order valence-electron chi connectivity index (χ2n) is 23.0. The molecule has 12 atom stereocenters. The highest BCUT2D eigenvalue weighted by molar-refractivity contribution is 7.91. The predicted octanol–water partition coefficient (Wildman–Crippen LogP) is -2.65. The average molecular weight is 1150 g/mol. The summed E-state index contributed by atoms with van der Waals surface area (Å²) in [5.74, 6) is -12.4. The monoisotopic (exact) mass is 1140 g/mol. The summed E-state index contributed by atoms with van der Waals surface area (Å²) >= 11 is -2.42. The lowest BCUT2D eigenvalue weighted by Gasteiger charge is -2.39. The molecule has 3 aliphatic heterocycles. The molecule has 0 saturated carbocycles. The van der Waals surface area contributed by atoms with Gasteiger partial charge in [0.15, 0.2) is 6.04 Å². The normalized spacial score (nSPS) is 26.0. The Morgan fingerprint density at radius 3 is 2.17 bits per heavy atom. The van der Waals surface area contributed by atoms with E-state index in [9.17, 15) is 63.0 Å². The van der Waals surface area contributed by atoms with Gasteiger partial charge in [0, 0.05) is 71.6 Å². The second kappa shape index (κ2) is 27.1. The zero-order chi connectivity index (χ0) is 59.7. The molecule has 0 aliphatic carbocycles. The molecule has 2 aromatic rings. The Bertz CT molecular complexity index is 2650. The van der Waals surface area contributed by atoms with Crippen LogP contribution < -0.4 is 48.3 Å². The fraction of sp³-hybridized carbons (Fsp3) is 0.654. The van der Waals surface area contributed by atoms with Gasteiger partial charge >= 0.3 is 6.09 Å². The van der Waals surface area contributed by atoms with Crippen molar-refractivity contribution in [3.05, 3.63) is 23.8 Å². The molecule has 1 aromatic carbocycles. The van der Waals surface area contributed by atoms with Crippen molar-refractivity contribution >= 4 is 81.3 Å². The number of nitrogens with one attached hydrogen (secondary N) is 9. The number of benzene rings is 1. The maximum absolute atomic E-state index is 15.0. The molecule has 2 unspecified atom stereocenters. The van der Waals surface area contributed by atoms with E-state index < -0.39 is 188 Å². The van der Waals surface area contributed by atoms with E-state index in [0.29, 0.717) is 19.4 Å². The van der Waals surface area contributed by atoms with Crippen molar-refractivity contribution < 1.29 is 72.6 Å². The van der Waals surface area contributed by atoms with E-state index in [0.717, 1.165) is 4.90 Å². The summed E-state index contributed by atoms with van der Waals surface area (Å²) in [4.78, 5) is 146. The number of carbonyl (C=O) groups is 10. The number of hydrogen-bond acceptors (Lipinski definition) is 16. The first-order valence-electron chi connectivity index (χ1n) is 26.7. The summed E-state index contributed by atoms with van der Waals surface area (Å²) in [5.41, 5.74) is 5.41. The number of aromatic amines is 1. The Hall–Kier alpha value is -6.75. The van der Waals surface area contributed by atoms with Crippen LogP contribution in [0.2, 0.25) is 0 Å². The zero-order valence-electron chi connectivity index (χ0n) is 47.0. The number of primary amides is 1. The number of hydrogen-bond donors (Lipinski definition) is 13. The number of carbonyl (C=O) groups excluding carboxylic acids is 10. The average Bonchev–Trinajstić information content (AvgIpc) is 3.94. The number of aliphatic hydroxyl groups is 2. The summed E-state index contributed by atoms with van der Waals surface area (Å²) < 4.78 is 20.3. The molecule has 1 aromatic heterocycles. The Morgan fingerprint density at radius 1 is 0.887 bits per heavy atom. The van der Waals surface area contributed by atoms with Gasteiger partial charge < -0.3 is 87.7 Å². The van der Waals surface area contributed by atoms with E-state index >= 15 is 4.79 Å². The summed E-state index contributed by atoms with van der Waals surface area (Å²) in [5, 5.41) is 53.3. The van der Waals surface area contributed by atoms with Crippen molar-refractivity contribution in [3.8, 4) is 5.75 Å². The number of nitrogens with zero attached hydrogens (tertiary/aromatic N) is 2. The van der Waals surface area contributed by atoms with Crippen LogP contribution in [0.1, 0.15) is 93.6 Å². The zero-order valence-corrected chi connectivity index (χ0v) is 47.8. The van der Waals surface area contributed by atoms with Crippen molar-refractivity contribution in [2.24, 2.45) is 23.0 Å². The Morgan fingerprint density at radius 2 is 1.54 bits per heavy atom. The molecule has 1 saturated heterocycles. The third kappa shape index (κ3) is 17.1. The number of aromatic hydroxyl groups is 1. The fourth-order valence-electron chi connectivity index (χ4n) is 9.91. The van der Waals surface area contributed by atoms with Gasteiger partial charge in [-0.3, -0.25) is 43.2 Å². The van der Waals surface area contributed by atoms with Gasteiger partial charge in [-0.2, -0.15) is 0 Å². The van der Waals surface area contributed by atoms with Crippen LogP contribution in [0.3, 0.4) is 0 Å². The highest BCUT2D eigenvalue weighted by Crippen LogP contribution is 2.32. The maximum Gasteiger partial charge on any atom is 0.407 e. The van der Waals surface area contributed by atoms with Gasteiger partial charge in [0.05, 0.1) is 37.2 Å². The number of alkyl carbamates (subject to hydrolysis) is 1. The number of phenols is 1. The Kier molecular flexibility index (Phi) is 21.7. The van der Waals surface area contributed by atoms with Crippen LogP contribution in [0.15, 0.2) is 23.2 Å². The third-order valence-corrected chi connectivity index (χ3v) is 16.2. The van der Waals surface area contributed by atoms with Gasteiger partial charge in [0.1, 0.15) is 48.3 Å². The molecule has 444 valence electrons. The van der Waals surface area contributed by atoms with Crippen molar-refractivity contribution in [1.82, 2.24) is 57.3 Å². The summed E-state index contributed by atoms with van der Waals surface area (Å²) in [6.45, 7) is 14.7. The molecular formula is C52H80N12O15S. The van der Waals surface area contributed by atoms with E-state index in [1.54, 1.807) is 20.8 Å². The number of aromatic nitrogens is 1. The Balaban J connectivity index is 1.62. The summed E-state index contributed by atoms with van der Waals surface area (Å²) in [6.07, 6.45) is -5.03. The molecule has 28 heteroatoms. The number of phenolic OH excluding ortho intramolecular Hbond substituents is 1. The Labute approximate surface area is 467 Å². The summed E-state index contributed by atoms with van der Waals surface area (Å²) in [7, 11) is 2.00. The largest absolute Gasteiger partial charge is 0.610 e. The van der Waals surface area contributed by atoms with Crippen LogP contribution >= 0.6 is 0 Å². The van der Waals surface area contributed by atoms with Crippen molar-refractivity contribution in [2.75, 3.05) is 45.6 Å². The van der Waals surface area contributed by atoms with Crippen LogP contribution in [-0.2, 0) is 65.5 Å². The minimum atomic E-state index is -2.42.